The number of hydrogen-bond acceptors (Lipinski definition) is 3. The van der Waals surface area contributed by atoms with Crippen molar-refractivity contribution >= 4 is 17.3 Å². The first-order chi connectivity index (χ1) is 11.2. The fourth-order valence-corrected chi connectivity index (χ4v) is 2.52. The summed E-state index contributed by atoms with van der Waals surface area (Å²) >= 11 is 0. The van der Waals surface area contributed by atoms with E-state index in [-0.39, 0.29) is 17.0 Å². The summed E-state index contributed by atoms with van der Waals surface area (Å²) < 4.78 is 0. The molecule has 24 heavy (non-hydrogen) atoms. The minimum atomic E-state index is -0.450. The lowest BCUT2D eigenvalue weighted by atomic mass is 9.85. The number of rotatable bonds is 4. The molecule has 1 atom stereocenters. The second-order valence-electron chi connectivity index (χ2n) is 6.86. The summed E-state index contributed by atoms with van der Waals surface area (Å²) in [4.78, 5) is 22.8. The average Bonchev–Trinajstić information content (AvgIpc) is 2.53. The Balaban J connectivity index is 2.19. The lowest BCUT2D eigenvalue weighted by molar-refractivity contribution is -0.384. The molecular formula is C19H22N2O3. The monoisotopic (exact) mass is 326 g/mol. The van der Waals surface area contributed by atoms with Crippen molar-refractivity contribution in [1.82, 2.24) is 0 Å². The molecule has 5 nitrogen and oxygen atoms in total. The summed E-state index contributed by atoms with van der Waals surface area (Å²) in [5.41, 5.74) is 2.54. The van der Waals surface area contributed by atoms with Crippen molar-refractivity contribution in [2.24, 2.45) is 0 Å². The first-order valence-electron chi connectivity index (χ1n) is 7.85. The summed E-state index contributed by atoms with van der Waals surface area (Å²) in [6.07, 6.45) is 0. The van der Waals surface area contributed by atoms with E-state index in [0.717, 1.165) is 16.8 Å². The van der Waals surface area contributed by atoms with E-state index in [2.05, 4.69) is 26.1 Å². The third-order valence-electron chi connectivity index (χ3n) is 3.99. The normalized spacial score (nSPS) is 12.5. The molecule has 2 rings (SSSR count). The first-order valence-corrected chi connectivity index (χ1v) is 7.85. The van der Waals surface area contributed by atoms with Crippen molar-refractivity contribution in [2.45, 2.75) is 39.0 Å². The number of nitrogens with zero attached hydrogens (tertiary/aromatic N) is 1. The maximum atomic E-state index is 12.6. The van der Waals surface area contributed by atoms with Crippen LogP contribution in [0.25, 0.3) is 0 Å². The highest BCUT2D eigenvalue weighted by Gasteiger charge is 2.21. The van der Waals surface area contributed by atoms with Crippen LogP contribution in [0.3, 0.4) is 0 Å². The van der Waals surface area contributed by atoms with Gasteiger partial charge in [0.2, 0.25) is 5.91 Å². The predicted octanol–water partition coefficient (Wildman–Crippen LogP) is 4.63. The Morgan fingerprint density at radius 1 is 1.08 bits per heavy atom. The van der Waals surface area contributed by atoms with E-state index < -0.39 is 10.8 Å². The molecule has 2 aromatic carbocycles. The van der Waals surface area contributed by atoms with Crippen molar-refractivity contribution < 1.29 is 9.72 Å². The molecule has 0 saturated carbocycles. The van der Waals surface area contributed by atoms with Crippen LogP contribution in [0.5, 0.6) is 0 Å². The van der Waals surface area contributed by atoms with Crippen molar-refractivity contribution in [3.63, 3.8) is 0 Å². The van der Waals surface area contributed by atoms with Crippen LogP contribution in [0.4, 0.5) is 11.4 Å². The van der Waals surface area contributed by atoms with E-state index in [9.17, 15) is 14.9 Å². The van der Waals surface area contributed by atoms with Crippen LogP contribution in [-0.4, -0.2) is 10.8 Å². The van der Waals surface area contributed by atoms with Gasteiger partial charge < -0.3 is 5.32 Å². The number of benzene rings is 2. The standard InChI is InChI=1S/C19H22N2O3/c1-13(14-9-11-15(12-10-14)21(23)24)18(22)20-17-8-6-5-7-16(17)19(2,3)4/h5-13H,1-4H3,(H,20,22). The van der Waals surface area contributed by atoms with Gasteiger partial charge in [0, 0.05) is 17.8 Å². The summed E-state index contributed by atoms with van der Waals surface area (Å²) in [5, 5.41) is 13.7. The number of hydrogen-bond donors (Lipinski definition) is 1. The van der Waals surface area contributed by atoms with Gasteiger partial charge in [-0.3, -0.25) is 14.9 Å². The van der Waals surface area contributed by atoms with Gasteiger partial charge in [-0.05, 0) is 29.5 Å². The van der Waals surface area contributed by atoms with Gasteiger partial charge in [-0.25, -0.2) is 0 Å². The molecule has 0 aliphatic rings. The van der Waals surface area contributed by atoms with Crippen LogP contribution in [0.1, 0.15) is 44.7 Å². The van der Waals surface area contributed by atoms with Gasteiger partial charge in [-0.2, -0.15) is 0 Å². The number of anilines is 1. The number of nitrogens with one attached hydrogen (secondary N) is 1. The molecule has 1 amide bonds. The number of non-ortho nitro benzene ring substituents is 1. The zero-order valence-corrected chi connectivity index (χ0v) is 14.4. The number of amides is 1. The fourth-order valence-electron chi connectivity index (χ4n) is 2.52. The summed E-state index contributed by atoms with van der Waals surface area (Å²) in [7, 11) is 0. The van der Waals surface area contributed by atoms with Crippen LogP contribution in [0.15, 0.2) is 48.5 Å². The van der Waals surface area contributed by atoms with E-state index in [1.54, 1.807) is 19.1 Å². The molecule has 0 spiro atoms. The second-order valence-corrected chi connectivity index (χ2v) is 6.86. The maximum absolute atomic E-state index is 12.6. The summed E-state index contributed by atoms with van der Waals surface area (Å²) in [6.45, 7) is 8.07. The lowest BCUT2D eigenvalue weighted by Gasteiger charge is -2.23. The highest BCUT2D eigenvalue weighted by molar-refractivity contribution is 5.96. The molecule has 5 heteroatoms. The smallest absolute Gasteiger partial charge is 0.269 e. The molecule has 0 aromatic heterocycles. The average molecular weight is 326 g/mol. The number of nitro benzene ring substituents is 1. The first kappa shape index (κ1) is 17.7. The second kappa shape index (κ2) is 6.83. The molecule has 0 saturated heterocycles. The topological polar surface area (TPSA) is 72.2 Å². The number of carbonyl (C=O) groups excluding carboxylic acids is 1. The molecule has 2 aromatic rings. The van der Waals surface area contributed by atoms with Gasteiger partial charge in [-0.15, -0.1) is 0 Å². The quantitative estimate of drug-likeness (QED) is 0.657. The number of para-hydroxylation sites is 1. The van der Waals surface area contributed by atoms with Crippen LogP contribution in [0, 0.1) is 10.1 Å². The van der Waals surface area contributed by atoms with Gasteiger partial charge in [0.15, 0.2) is 0 Å². The molecule has 0 radical (unpaired) electrons. The van der Waals surface area contributed by atoms with E-state index in [1.807, 2.05) is 24.3 Å². The largest absolute Gasteiger partial charge is 0.325 e. The van der Waals surface area contributed by atoms with E-state index in [1.165, 1.54) is 12.1 Å². The Morgan fingerprint density at radius 2 is 1.67 bits per heavy atom. The molecule has 0 aliphatic heterocycles. The van der Waals surface area contributed by atoms with Crippen LogP contribution in [0.2, 0.25) is 0 Å². The molecule has 1 N–H and O–H groups in total. The molecule has 0 fully saturated rings. The molecule has 0 heterocycles. The van der Waals surface area contributed by atoms with Gasteiger partial charge in [0.1, 0.15) is 0 Å². The molecule has 1 unspecified atom stereocenters. The highest BCUT2D eigenvalue weighted by Crippen LogP contribution is 2.30. The fraction of sp³-hybridized carbons (Fsp3) is 0.316. The van der Waals surface area contributed by atoms with Crippen LogP contribution >= 0.6 is 0 Å². The third-order valence-corrected chi connectivity index (χ3v) is 3.99. The highest BCUT2D eigenvalue weighted by atomic mass is 16.6. The van der Waals surface area contributed by atoms with Crippen LogP contribution in [-0.2, 0) is 10.2 Å². The predicted molar refractivity (Wildman–Crippen MR) is 95.3 cm³/mol. The van der Waals surface area contributed by atoms with Gasteiger partial charge >= 0.3 is 0 Å². The summed E-state index contributed by atoms with van der Waals surface area (Å²) in [5.74, 6) is -0.542. The third kappa shape index (κ3) is 3.98. The number of nitro groups is 1. The Bertz CT molecular complexity index is 746. The minimum absolute atomic E-state index is 0.0180. The molecule has 0 bridgehead atoms. The maximum Gasteiger partial charge on any atom is 0.269 e. The van der Waals surface area contributed by atoms with Gasteiger partial charge in [0.25, 0.3) is 5.69 Å². The zero-order chi connectivity index (χ0) is 17.9. The molecule has 126 valence electrons. The van der Waals surface area contributed by atoms with Gasteiger partial charge in [-0.1, -0.05) is 51.1 Å². The minimum Gasteiger partial charge on any atom is -0.325 e. The Morgan fingerprint density at radius 3 is 2.21 bits per heavy atom. The van der Waals surface area contributed by atoms with Crippen LogP contribution < -0.4 is 5.32 Å². The van der Waals surface area contributed by atoms with Crippen molar-refractivity contribution in [3.05, 3.63) is 69.8 Å². The molecular weight excluding hydrogens is 304 g/mol. The van der Waals surface area contributed by atoms with Crippen molar-refractivity contribution in [2.75, 3.05) is 5.32 Å². The van der Waals surface area contributed by atoms with E-state index >= 15 is 0 Å². The zero-order valence-electron chi connectivity index (χ0n) is 14.4. The van der Waals surface area contributed by atoms with E-state index in [4.69, 9.17) is 0 Å². The SMILES string of the molecule is CC(C(=O)Nc1ccccc1C(C)(C)C)c1ccc([N+](=O)[O-])cc1. The Hall–Kier alpha value is -2.69. The summed E-state index contributed by atoms with van der Waals surface area (Å²) in [6, 6.07) is 13.8. The Kier molecular flexibility index (Phi) is 5.02. The van der Waals surface area contributed by atoms with Gasteiger partial charge in [0.05, 0.1) is 10.8 Å². The number of carbonyl (C=O) groups is 1. The lowest BCUT2D eigenvalue weighted by Crippen LogP contribution is -2.22. The molecule has 0 aliphatic carbocycles. The van der Waals surface area contributed by atoms with Crippen molar-refractivity contribution in [3.8, 4) is 0 Å². The van der Waals surface area contributed by atoms with Crippen molar-refractivity contribution in [1.29, 1.82) is 0 Å². The Labute approximate surface area is 141 Å². The van der Waals surface area contributed by atoms with E-state index in [0.29, 0.717) is 0 Å².